The normalized spacial score (nSPS) is 10.4. The SMILES string of the molecule is O=C(OS)c1nnc2cccc(Br)n12. The van der Waals surface area contributed by atoms with Gasteiger partial charge in [-0.15, -0.1) is 10.2 Å². The Hall–Kier alpha value is -1.08. The first-order valence-electron chi connectivity index (χ1n) is 3.59. The predicted molar refractivity (Wildman–Crippen MR) is 55.1 cm³/mol. The molecular weight excluding hydrogens is 270 g/mol. The summed E-state index contributed by atoms with van der Waals surface area (Å²) in [5.41, 5.74) is 0.563. The fourth-order valence-corrected chi connectivity index (χ4v) is 1.66. The van der Waals surface area contributed by atoms with E-state index in [9.17, 15) is 4.79 Å². The highest BCUT2D eigenvalue weighted by Gasteiger charge is 2.16. The van der Waals surface area contributed by atoms with E-state index in [1.165, 1.54) is 4.40 Å². The van der Waals surface area contributed by atoms with Crippen LogP contribution in [0.1, 0.15) is 10.6 Å². The first-order valence-corrected chi connectivity index (χ1v) is 4.75. The number of aromatic nitrogens is 3. The molecule has 0 aliphatic rings. The molecule has 2 aromatic heterocycles. The molecule has 0 spiro atoms. The standard InChI is InChI=1S/C7H4BrN3O2S/c8-4-2-1-3-5-9-10-6(11(4)5)7(12)13-14/h1-3,14H. The van der Waals surface area contributed by atoms with Gasteiger partial charge in [0.2, 0.25) is 5.82 Å². The summed E-state index contributed by atoms with van der Waals surface area (Å²) in [5, 5.41) is 7.48. The van der Waals surface area contributed by atoms with E-state index in [-0.39, 0.29) is 5.82 Å². The van der Waals surface area contributed by atoms with Crippen LogP contribution in [0.3, 0.4) is 0 Å². The quantitative estimate of drug-likeness (QED) is 0.486. The van der Waals surface area contributed by atoms with Gasteiger partial charge in [-0.3, -0.25) is 4.40 Å². The molecule has 0 saturated heterocycles. The summed E-state index contributed by atoms with van der Waals surface area (Å²) >= 11 is 6.69. The summed E-state index contributed by atoms with van der Waals surface area (Å²) in [7, 11) is 0. The van der Waals surface area contributed by atoms with Gasteiger partial charge < -0.3 is 4.18 Å². The van der Waals surface area contributed by atoms with Crippen LogP contribution in [0.5, 0.6) is 0 Å². The third-order valence-electron chi connectivity index (χ3n) is 1.65. The highest BCUT2D eigenvalue weighted by Crippen LogP contribution is 2.14. The molecule has 0 amide bonds. The van der Waals surface area contributed by atoms with Gasteiger partial charge in [0.15, 0.2) is 5.65 Å². The van der Waals surface area contributed by atoms with Crippen molar-refractivity contribution < 1.29 is 8.98 Å². The van der Waals surface area contributed by atoms with E-state index in [0.717, 1.165) is 0 Å². The molecule has 72 valence electrons. The predicted octanol–water partition coefficient (Wildman–Crippen LogP) is 1.49. The molecule has 0 radical (unpaired) electrons. The maximum absolute atomic E-state index is 11.2. The Morgan fingerprint density at radius 1 is 1.50 bits per heavy atom. The van der Waals surface area contributed by atoms with Gasteiger partial charge in [-0.25, -0.2) is 4.79 Å². The van der Waals surface area contributed by atoms with Crippen LogP contribution in [0.25, 0.3) is 5.65 Å². The molecule has 2 rings (SSSR count). The van der Waals surface area contributed by atoms with Crippen LogP contribution in [-0.4, -0.2) is 20.6 Å². The Morgan fingerprint density at radius 2 is 2.29 bits per heavy atom. The summed E-state index contributed by atoms with van der Waals surface area (Å²) in [4.78, 5) is 11.2. The van der Waals surface area contributed by atoms with Gasteiger partial charge in [-0.1, -0.05) is 6.07 Å². The molecule has 0 aliphatic carbocycles. The van der Waals surface area contributed by atoms with Crippen LogP contribution < -0.4 is 0 Å². The van der Waals surface area contributed by atoms with Crippen molar-refractivity contribution >= 4 is 40.5 Å². The fourth-order valence-electron chi connectivity index (χ4n) is 1.08. The number of hydrogen-bond donors (Lipinski definition) is 1. The molecule has 7 heteroatoms. The third kappa shape index (κ3) is 1.38. The molecule has 0 bridgehead atoms. The number of carbonyl (C=O) groups is 1. The van der Waals surface area contributed by atoms with Crippen molar-refractivity contribution in [2.45, 2.75) is 0 Å². The van der Waals surface area contributed by atoms with Crippen LogP contribution in [0.15, 0.2) is 22.8 Å². The average Bonchev–Trinajstić information content (AvgIpc) is 2.62. The van der Waals surface area contributed by atoms with E-state index >= 15 is 0 Å². The Kier molecular flexibility index (Phi) is 2.42. The number of nitrogens with zero attached hydrogens (tertiary/aromatic N) is 3. The molecule has 0 atom stereocenters. The van der Waals surface area contributed by atoms with E-state index in [0.29, 0.717) is 10.3 Å². The van der Waals surface area contributed by atoms with Crippen LogP contribution in [-0.2, 0) is 4.18 Å². The first-order chi connectivity index (χ1) is 6.74. The van der Waals surface area contributed by atoms with Crippen LogP contribution in [0.4, 0.5) is 0 Å². The highest BCUT2D eigenvalue weighted by molar-refractivity contribution is 9.10. The molecule has 2 aromatic rings. The number of halogens is 1. The zero-order chi connectivity index (χ0) is 10.1. The topological polar surface area (TPSA) is 56.5 Å². The van der Waals surface area contributed by atoms with Gasteiger partial charge in [0.1, 0.15) is 0 Å². The summed E-state index contributed by atoms with van der Waals surface area (Å²) in [6.07, 6.45) is 0. The number of thiol groups is 1. The smallest absolute Gasteiger partial charge is 0.388 e. The molecule has 0 N–H and O–H groups in total. The van der Waals surface area contributed by atoms with Crippen LogP contribution >= 0.6 is 28.8 Å². The molecule has 0 unspecified atom stereocenters. The summed E-state index contributed by atoms with van der Waals surface area (Å²) in [5.74, 6) is -0.560. The monoisotopic (exact) mass is 273 g/mol. The third-order valence-corrected chi connectivity index (χ3v) is 2.43. The molecule has 0 fully saturated rings. The zero-order valence-electron chi connectivity index (χ0n) is 6.72. The summed E-state index contributed by atoms with van der Waals surface area (Å²) in [6, 6.07) is 5.29. The number of rotatable bonds is 1. The molecule has 14 heavy (non-hydrogen) atoms. The van der Waals surface area contributed by atoms with E-state index < -0.39 is 5.97 Å². The second-order valence-electron chi connectivity index (χ2n) is 2.44. The van der Waals surface area contributed by atoms with Crippen LogP contribution in [0, 0.1) is 0 Å². The van der Waals surface area contributed by atoms with Crippen LogP contribution in [0.2, 0.25) is 0 Å². The van der Waals surface area contributed by atoms with Gasteiger partial charge in [0.05, 0.1) is 4.60 Å². The van der Waals surface area contributed by atoms with Crippen molar-refractivity contribution in [2.24, 2.45) is 0 Å². The average molecular weight is 274 g/mol. The van der Waals surface area contributed by atoms with Gasteiger partial charge in [-0.2, -0.15) is 0 Å². The van der Waals surface area contributed by atoms with Gasteiger partial charge in [0.25, 0.3) is 0 Å². The lowest BCUT2D eigenvalue weighted by atomic mass is 10.5. The summed E-state index contributed by atoms with van der Waals surface area (Å²) in [6.45, 7) is 0. The first kappa shape index (κ1) is 9.47. The molecular formula is C7H4BrN3O2S. The van der Waals surface area contributed by atoms with Crippen molar-refractivity contribution in [1.29, 1.82) is 0 Å². The van der Waals surface area contributed by atoms with E-state index in [1.54, 1.807) is 18.2 Å². The van der Waals surface area contributed by atoms with Crippen molar-refractivity contribution in [3.8, 4) is 0 Å². The van der Waals surface area contributed by atoms with Crippen molar-refractivity contribution in [2.75, 3.05) is 0 Å². The lowest BCUT2D eigenvalue weighted by Crippen LogP contribution is -2.05. The maximum atomic E-state index is 11.2. The molecule has 5 nitrogen and oxygen atoms in total. The molecule has 0 aliphatic heterocycles. The van der Waals surface area contributed by atoms with Gasteiger partial charge in [0, 0.05) is 12.9 Å². The molecule has 0 saturated carbocycles. The Morgan fingerprint density at radius 3 is 3.00 bits per heavy atom. The second kappa shape index (κ2) is 3.58. The van der Waals surface area contributed by atoms with Crippen molar-refractivity contribution in [3.05, 3.63) is 28.6 Å². The molecule has 2 heterocycles. The minimum absolute atomic E-state index is 0.0856. The van der Waals surface area contributed by atoms with Crippen molar-refractivity contribution in [3.63, 3.8) is 0 Å². The lowest BCUT2D eigenvalue weighted by molar-refractivity contribution is 0.0758. The van der Waals surface area contributed by atoms with Crippen molar-refractivity contribution in [1.82, 2.24) is 14.6 Å². The number of pyridine rings is 1. The Bertz CT molecular complexity index is 499. The van der Waals surface area contributed by atoms with Gasteiger partial charge >= 0.3 is 5.97 Å². The molecule has 0 aromatic carbocycles. The fraction of sp³-hybridized carbons (Fsp3) is 0. The minimum Gasteiger partial charge on any atom is -0.389 e. The number of hydrogen-bond acceptors (Lipinski definition) is 5. The minimum atomic E-state index is -0.646. The number of carbonyl (C=O) groups excluding carboxylic acids is 1. The van der Waals surface area contributed by atoms with E-state index in [4.69, 9.17) is 0 Å². The van der Waals surface area contributed by atoms with E-state index in [2.05, 4.69) is 43.2 Å². The maximum Gasteiger partial charge on any atom is 0.388 e. The zero-order valence-corrected chi connectivity index (χ0v) is 9.20. The highest BCUT2D eigenvalue weighted by atomic mass is 79.9. The largest absolute Gasteiger partial charge is 0.389 e. The Labute approximate surface area is 92.8 Å². The number of fused-ring (bicyclic) bond motifs is 1. The lowest BCUT2D eigenvalue weighted by Gasteiger charge is -1.98. The van der Waals surface area contributed by atoms with E-state index in [1.807, 2.05) is 0 Å². The Balaban J connectivity index is 2.73. The second-order valence-corrected chi connectivity index (χ2v) is 3.44. The van der Waals surface area contributed by atoms with Gasteiger partial charge in [-0.05, 0) is 28.1 Å². The summed E-state index contributed by atoms with van der Waals surface area (Å²) < 4.78 is 6.47.